The quantitative estimate of drug-likeness (QED) is 0.531. The summed E-state index contributed by atoms with van der Waals surface area (Å²) in [5, 5.41) is 8.13. The molecular formula is C7H15N3. The number of hydrogen-bond acceptors (Lipinski definition) is 3. The third-order valence-corrected chi connectivity index (χ3v) is 2.54. The lowest BCUT2D eigenvalue weighted by atomic mass is 10.2. The molecule has 2 rings (SSSR count). The average Bonchev–Trinajstić information content (AvgIpc) is 2.44. The number of nitrogens with zero attached hydrogens (tertiary/aromatic N) is 2. The summed E-state index contributed by atoms with van der Waals surface area (Å²) in [6, 6.07) is 1.55. The van der Waals surface area contributed by atoms with Gasteiger partial charge in [-0.3, -0.25) is 0 Å². The molecule has 2 bridgehead atoms. The molecule has 2 aliphatic heterocycles. The van der Waals surface area contributed by atoms with E-state index in [9.17, 15) is 0 Å². The third-order valence-electron chi connectivity index (χ3n) is 2.54. The highest BCUT2D eigenvalue weighted by atomic mass is 15.6. The van der Waals surface area contributed by atoms with E-state index in [1.54, 1.807) is 0 Å². The number of hydrogen-bond donors (Lipinski definition) is 1. The second kappa shape index (κ2) is 2.19. The molecule has 0 aromatic rings. The van der Waals surface area contributed by atoms with Gasteiger partial charge in [0.15, 0.2) is 0 Å². The van der Waals surface area contributed by atoms with E-state index in [1.807, 2.05) is 0 Å². The molecule has 2 atom stereocenters. The van der Waals surface area contributed by atoms with Crippen molar-refractivity contribution >= 4 is 0 Å². The highest BCUT2D eigenvalue weighted by molar-refractivity contribution is 4.95. The van der Waals surface area contributed by atoms with Crippen LogP contribution >= 0.6 is 0 Å². The van der Waals surface area contributed by atoms with Crippen LogP contribution < -0.4 is 5.32 Å². The van der Waals surface area contributed by atoms with E-state index in [4.69, 9.17) is 0 Å². The van der Waals surface area contributed by atoms with Crippen molar-refractivity contribution in [3.05, 3.63) is 0 Å². The van der Waals surface area contributed by atoms with Gasteiger partial charge in [0.2, 0.25) is 0 Å². The van der Waals surface area contributed by atoms with Crippen molar-refractivity contribution in [1.82, 2.24) is 15.3 Å². The van der Waals surface area contributed by atoms with Crippen LogP contribution in [0.5, 0.6) is 0 Å². The summed E-state index contributed by atoms with van der Waals surface area (Å²) in [6.45, 7) is 2.39. The lowest BCUT2D eigenvalue weighted by Gasteiger charge is -2.32. The van der Waals surface area contributed by atoms with Crippen LogP contribution in [0.25, 0.3) is 0 Å². The monoisotopic (exact) mass is 141 g/mol. The van der Waals surface area contributed by atoms with Crippen molar-refractivity contribution in [3.8, 4) is 0 Å². The zero-order valence-electron chi connectivity index (χ0n) is 6.67. The van der Waals surface area contributed by atoms with Crippen LogP contribution in [0.1, 0.15) is 6.42 Å². The number of rotatable bonds is 1. The molecule has 0 aliphatic carbocycles. The Bertz CT molecular complexity index is 135. The van der Waals surface area contributed by atoms with Crippen molar-refractivity contribution in [1.29, 1.82) is 0 Å². The number of hydrazine groups is 1. The molecule has 0 aromatic carbocycles. The molecular weight excluding hydrogens is 126 g/mol. The minimum absolute atomic E-state index is 0.771. The molecule has 0 saturated carbocycles. The predicted octanol–water partition coefficient (Wildman–Crippen LogP) is -0.491. The van der Waals surface area contributed by atoms with Gasteiger partial charge < -0.3 is 5.32 Å². The Morgan fingerprint density at radius 3 is 2.60 bits per heavy atom. The van der Waals surface area contributed by atoms with Gasteiger partial charge in [0, 0.05) is 39.3 Å². The minimum Gasteiger partial charge on any atom is -0.311 e. The molecule has 2 saturated heterocycles. The zero-order valence-corrected chi connectivity index (χ0v) is 6.67. The first-order valence-electron chi connectivity index (χ1n) is 3.94. The Hall–Kier alpha value is -0.120. The highest BCUT2D eigenvalue weighted by Crippen LogP contribution is 2.23. The predicted molar refractivity (Wildman–Crippen MR) is 40.6 cm³/mol. The van der Waals surface area contributed by atoms with Crippen molar-refractivity contribution in [2.45, 2.75) is 18.5 Å². The highest BCUT2D eigenvalue weighted by Gasteiger charge is 2.38. The summed E-state index contributed by atoms with van der Waals surface area (Å²) in [6.07, 6.45) is 1.35. The lowest BCUT2D eigenvalue weighted by Crippen LogP contribution is -2.49. The van der Waals surface area contributed by atoms with Crippen LogP contribution in [0, 0.1) is 0 Å². The summed E-state index contributed by atoms with van der Waals surface area (Å²) in [7, 11) is 4.25. The van der Waals surface area contributed by atoms with Crippen molar-refractivity contribution in [2.24, 2.45) is 0 Å². The fourth-order valence-corrected chi connectivity index (χ4v) is 2.03. The molecule has 3 heteroatoms. The lowest BCUT2D eigenvalue weighted by molar-refractivity contribution is 0.00167. The molecule has 10 heavy (non-hydrogen) atoms. The van der Waals surface area contributed by atoms with Gasteiger partial charge in [-0.1, -0.05) is 0 Å². The topological polar surface area (TPSA) is 18.5 Å². The Balaban J connectivity index is 2.02. The summed E-state index contributed by atoms with van der Waals surface area (Å²) in [5.74, 6) is 0. The summed E-state index contributed by atoms with van der Waals surface area (Å²) < 4.78 is 0. The first-order chi connectivity index (χ1) is 4.77. The normalized spacial score (nSPS) is 39.9. The number of nitrogens with one attached hydrogen (secondary N) is 1. The van der Waals surface area contributed by atoms with E-state index in [0.29, 0.717) is 0 Å². The minimum atomic E-state index is 0.771. The molecule has 0 spiro atoms. The molecule has 2 aliphatic rings. The smallest absolute Gasteiger partial charge is 0.0386 e. The molecule has 58 valence electrons. The van der Waals surface area contributed by atoms with E-state index in [1.165, 1.54) is 19.5 Å². The number of fused-ring (bicyclic) bond motifs is 2. The van der Waals surface area contributed by atoms with Gasteiger partial charge in [-0.2, -0.15) is 0 Å². The largest absolute Gasteiger partial charge is 0.311 e. The van der Waals surface area contributed by atoms with Gasteiger partial charge in [0.1, 0.15) is 0 Å². The van der Waals surface area contributed by atoms with Crippen LogP contribution in [-0.2, 0) is 0 Å². The average molecular weight is 141 g/mol. The van der Waals surface area contributed by atoms with E-state index < -0.39 is 0 Å². The molecule has 2 heterocycles. The zero-order chi connectivity index (χ0) is 7.14. The molecule has 1 N–H and O–H groups in total. The summed E-state index contributed by atoms with van der Waals surface area (Å²) in [4.78, 5) is 0. The van der Waals surface area contributed by atoms with Gasteiger partial charge in [-0.05, 0) is 6.42 Å². The Morgan fingerprint density at radius 1 is 1.50 bits per heavy atom. The van der Waals surface area contributed by atoms with Gasteiger partial charge >= 0.3 is 0 Å². The first-order valence-corrected chi connectivity index (χ1v) is 3.94. The Kier molecular flexibility index (Phi) is 1.44. The standard InChI is InChI=1S/C7H15N3/c1-9(2)10-5-6-3-7(10)4-8-6/h6-8H,3-5H2,1-2H3. The van der Waals surface area contributed by atoms with E-state index in [2.05, 4.69) is 29.4 Å². The van der Waals surface area contributed by atoms with E-state index in [0.717, 1.165) is 12.1 Å². The molecule has 2 unspecified atom stereocenters. The second-order valence-electron chi connectivity index (χ2n) is 3.46. The number of piperazine rings is 1. The van der Waals surface area contributed by atoms with Gasteiger partial charge in [0.05, 0.1) is 0 Å². The van der Waals surface area contributed by atoms with Crippen LogP contribution in [0.4, 0.5) is 0 Å². The van der Waals surface area contributed by atoms with Gasteiger partial charge in [-0.25, -0.2) is 10.0 Å². The maximum Gasteiger partial charge on any atom is 0.0386 e. The molecule has 0 amide bonds. The molecule has 0 aromatic heterocycles. The van der Waals surface area contributed by atoms with E-state index in [-0.39, 0.29) is 0 Å². The summed E-state index contributed by atoms with van der Waals surface area (Å²) >= 11 is 0. The van der Waals surface area contributed by atoms with Gasteiger partial charge in [0.25, 0.3) is 0 Å². The Labute approximate surface area is 62.0 Å². The van der Waals surface area contributed by atoms with Crippen LogP contribution in [-0.4, -0.2) is 49.3 Å². The molecule has 3 nitrogen and oxygen atoms in total. The SMILES string of the molecule is CN(C)N1CC2CC1CN2. The fourth-order valence-electron chi connectivity index (χ4n) is 2.03. The fraction of sp³-hybridized carbons (Fsp3) is 1.00. The maximum atomic E-state index is 3.47. The van der Waals surface area contributed by atoms with Gasteiger partial charge in [-0.15, -0.1) is 0 Å². The van der Waals surface area contributed by atoms with Crippen molar-refractivity contribution < 1.29 is 0 Å². The van der Waals surface area contributed by atoms with E-state index >= 15 is 0 Å². The summed E-state index contributed by atoms with van der Waals surface area (Å²) in [5.41, 5.74) is 0. The maximum absolute atomic E-state index is 3.47. The van der Waals surface area contributed by atoms with Crippen LogP contribution in [0.2, 0.25) is 0 Å². The molecule has 2 fully saturated rings. The Morgan fingerprint density at radius 2 is 2.30 bits per heavy atom. The van der Waals surface area contributed by atoms with Crippen LogP contribution in [0.3, 0.4) is 0 Å². The first kappa shape index (κ1) is 6.58. The second-order valence-corrected chi connectivity index (χ2v) is 3.46. The van der Waals surface area contributed by atoms with Crippen LogP contribution in [0.15, 0.2) is 0 Å². The molecule has 0 radical (unpaired) electrons. The third kappa shape index (κ3) is 0.856. The van der Waals surface area contributed by atoms with Crippen molar-refractivity contribution in [2.75, 3.05) is 27.2 Å². The van der Waals surface area contributed by atoms with Crippen molar-refractivity contribution in [3.63, 3.8) is 0 Å².